The van der Waals surface area contributed by atoms with Gasteiger partial charge in [0.05, 0.1) is 14.2 Å². The normalized spacial score (nSPS) is 13.3. The van der Waals surface area contributed by atoms with Crippen molar-refractivity contribution >= 4 is 5.69 Å². The third-order valence-electron chi connectivity index (χ3n) is 3.79. The summed E-state index contributed by atoms with van der Waals surface area (Å²) in [6.07, 6.45) is 2.26. The van der Waals surface area contributed by atoms with Gasteiger partial charge < -0.3 is 14.8 Å². The third-order valence-corrected chi connectivity index (χ3v) is 3.79. The average molecular weight is 269 g/mol. The molecule has 0 unspecified atom stereocenters. The van der Waals surface area contributed by atoms with E-state index in [0.29, 0.717) is 0 Å². The van der Waals surface area contributed by atoms with Gasteiger partial charge in [0, 0.05) is 17.8 Å². The van der Waals surface area contributed by atoms with Crippen LogP contribution in [0.15, 0.2) is 36.4 Å². The van der Waals surface area contributed by atoms with Gasteiger partial charge in [0.1, 0.15) is 11.5 Å². The van der Waals surface area contributed by atoms with Crippen molar-refractivity contribution in [2.75, 3.05) is 26.1 Å². The van der Waals surface area contributed by atoms with Crippen molar-refractivity contribution in [3.63, 3.8) is 0 Å². The van der Waals surface area contributed by atoms with Gasteiger partial charge in [-0.2, -0.15) is 0 Å². The summed E-state index contributed by atoms with van der Waals surface area (Å²) in [5.41, 5.74) is 4.92. The van der Waals surface area contributed by atoms with Crippen LogP contribution in [0.1, 0.15) is 12.0 Å². The molecule has 3 heteroatoms. The van der Waals surface area contributed by atoms with E-state index >= 15 is 0 Å². The predicted molar refractivity (Wildman–Crippen MR) is 81.8 cm³/mol. The van der Waals surface area contributed by atoms with Gasteiger partial charge in [0.25, 0.3) is 0 Å². The van der Waals surface area contributed by atoms with Gasteiger partial charge in [-0.1, -0.05) is 12.1 Å². The molecule has 0 radical (unpaired) electrons. The molecule has 2 aromatic rings. The number of anilines is 1. The van der Waals surface area contributed by atoms with E-state index < -0.39 is 0 Å². The van der Waals surface area contributed by atoms with Crippen molar-refractivity contribution in [2.24, 2.45) is 0 Å². The maximum absolute atomic E-state index is 5.51. The maximum Gasteiger partial charge on any atom is 0.126 e. The molecule has 1 heterocycles. The number of fused-ring (bicyclic) bond motifs is 1. The fourth-order valence-corrected chi connectivity index (χ4v) is 2.79. The smallest absolute Gasteiger partial charge is 0.126 e. The molecule has 3 rings (SSSR count). The lowest BCUT2D eigenvalue weighted by Crippen LogP contribution is -2.12. The van der Waals surface area contributed by atoms with Crippen LogP contribution in [0, 0.1) is 0 Å². The average Bonchev–Trinajstić information content (AvgIpc) is 2.53. The minimum atomic E-state index is 0.849. The zero-order valence-corrected chi connectivity index (χ0v) is 11.9. The Morgan fingerprint density at radius 2 is 1.90 bits per heavy atom. The number of ether oxygens (including phenoxy) is 2. The quantitative estimate of drug-likeness (QED) is 0.921. The molecule has 104 valence electrons. The number of hydrogen-bond acceptors (Lipinski definition) is 3. The van der Waals surface area contributed by atoms with Crippen LogP contribution in [-0.4, -0.2) is 20.8 Å². The Kier molecular flexibility index (Phi) is 3.50. The fourth-order valence-electron chi connectivity index (χ4n) is 2.79. The third kappa shape index (κ3) is 2.20. The maximum atomic E-state index is 5.51. The van der Waals surface area contributed by atoms with Gasteiger partial charge in [0.2, 0.25) is 0 Å². The Morgan fingerprint density at radius 1 is 1.00 bits per heavy atom. The Bertz CT molecular complexity index is 622. The molecule has 3 nitrogen and oxygen atoms in total. The van der Waals surface area contributed by atoms with E-state index in [4.69, 9.17) is 9.47 Å². The van der Waals surface area contributed by atoms with Crippen molar-refractivity contribution in [1.29, 1.82) is 0 Å². The lowest BCUT2D eigenvalue weighted by Gasteiger charge is -2.22. The summed E-state index contributed by atoms with van der Waals surface area (Å²) < 4.78 is 10.9. The standard InChI is InChI=1S/C17H19NO2/c1-19-12-8-9-17(20-2)15(11-12)13-5-3-7-16-14(13)6-4-10-18-16/h3,5,7-9,11,18H,4,6,10H2,1-2H3. The number of nitrogens with one attached hydrogen (secondary N) is 1. The van der Waals surface area contributed by atoms with Crippen molar-refractivity contribution < 1.29 is 9.47 Å². The Labute approximate surface area is 119 Å². The van der Waals surface area contributed by atoms with Gasteiger partial charge in [-0.05, 0) is 48.2 Å². The molecule has 0 saturated carbocycles. The summed E-state index contributed by atoms with van der Waals surface area (Å²) >= 11 is 0. The molecule has 1 N–H and O–H groups in total. The molecular formula is C17H19NO2. The molecule has 2 aromatic carbocycles. The number of hydrogen-bond donors (Lipinski definition) is 1. The molecule has 0 spiro atoms. The second kappa shape index (κ2) is 5.45. The molecule has 0 bridgehead atoms. The van der Waals surface area contributed by atoms with Gasteiger partial charge in [-0.25, -0.2) is 0 Å². The lowest BCUT2D eigenvalue weighted by molar-refractivity contribution is 0.404. The van der Waals surface area contributed by atoms with Gasteiger partial charge >= 0.3 is 0 Å². The first kappa shape index (κ1) is 12.9. The summed E-state index contributed by atoms with van der Waals surface area (Å²) in [4.78, 5) is 0. The molecule has 0 aromatic heterocycles. The van der Waals surface area contributed by atoms with Gasteiger partial charge in [-0.15, -0.1) is 0 Å². The highest BCUT2D eigenvalue weighted by Crippen LogP contribution is 2.39. The molecule has 0 fully saturated rings. The van der Waals surface area contributed by atoms with Crippen molar-refractivity contribution in [1.82, 2.24) is 0 Å². The minimum Gasteiger partial charge on any atom is -0.497 e. The summed E-state index contributed by atoms with van der Waals surface area (Å²) in [5.74, 6) is 1.73. The van der Waals surface area contributed by atoms with Crippen LogP contribution in [-0.2, 0) is 6.42 Å². The van der Waals surface area contributed by atoms with Crippen LogP contribution < -0.4 is 14.8 Å². The zero-order chi connectivity index (χ0) is 13.9. The molecule has 1 aliphatic rings. The Morgan fingerprint density at radius 3 is 2.70 bits per heavy atom. The molecular weight excluding hydrogens is 250 g/mol. The number of methoxy groups -OCH3 is 2. The van der Waals surface area contributed by atoms with Crippen molar-refractivity contribution in [3.8, 4) is 22.6 Å². The minimum absolute atomic E-state index is 0.849. The molecule has 0 aliphatic carbocycles. The van der Waals surface area contributed by atoms with Crippen LogP contribution in [0.5, 0.6) is 11.5 Å². The first-order chi connectivity index (χ1) is 9.83. The molecule has 0 atom stereocenters. The van der Waals surface area contributed by atoms with Crippen LogP contribution in [0.2, 0.25) is 0 Å². The topological polar surface area (TPSA) is 30.5 Å². The van der Waals surface area contributed by atoms with E-state index in [0.717, 1.165) is 36.4 Å². The van der Waals surface area contributed by atoms with E-state index in [1.807, 2.05) is 18.2 Å². The highest BCUT2D eigenvalue weighted by molar-refractivity contribution is 5.79. The van der Waals surface area contributed by atoms with Crippen LogP contribution in [0.4, 0.5) is 5.69 Å². The Balaban J connectivity index is 2.17. The van der Waals surface area contributed by atoms with E-state index in [1.165, 1.54) is 16.8 Å². The first-order valence-corrected chi connectivity index (χ1v) is 6.91. The highest BCUT2D eigenvalue weighted by Gasteiger charge is 2.16. The van der Waals surface area contributed by atoms with E-state index in [-0.39, 0.29) is 0 Å². The summed E-state index contributed by atoms with van der Waals surface area (Å²) in [5, 5.41) is 3.47. The second-order valence-corrected chi connectivity index (χ2v) is 4.93. The summed E-state index contributed by atoms with van der Waals surface area (Å²) in [6.45, 7) is 1.05. The van der Waals surface area contributed by atoms with E-state index in [2.05, 4.69) is 23.5 Å². The largest absolute Gasteiger partial charge is 0.497 e. The predicted octanol–water partition coefficient (Wildman–Crippen LogP) is 3.73. The number of rotatable bonds is 3. The SMILES string of the molecule is COc1ccc(OC)c(-c2cccc3c2CCCN3)c1. The highest BCUT2D eigenvalue weighted by atomic mass is 16.5. The lowest BCUT2D eigenvalue weighted by atomic mass is 9.92. The number of benzene rings is 2. The fraction of sp³-hybridized carbons (Fsp3) is 0.294. The summed E-state index contributed by atoms with van der Waals surface area (Å²) in [7, 11) is 3.40. The van der Waals surface area contributed by atoms with Crippen LogP contribution in [0.25, 0.3) is 11.1 Å². The molecule has 0 saturated heterocycles. The molecule has 1 aliphatic heterocycles. The molecule has 0 amide bonds. The first-order valence-electron chi connectivity index (χ1n) is 6.91. The zero-order valence-electron chi connectivity index (χ0n) is 11.9. The van der Waals surface area contributed by atoms with E-state index in [1.54, 1.807) is 14.2 Å². The second-order valence-electron chi connectivity index (χ2n) is 4.93. The Hall–Kier alpha value is -2.16. The van der Waals surface area contributed by atoms with Gasteiger partial charge in [-0.3, -0.25) is 0 Å². The van der Waals surface area contributed by atoms with E-state index in [9.17, 15) is 0 Å². The van der Waals surface area contributed by atoms with Crippen LogP contribution in [0.3, 0.4) is 0 Å². The van der Waals surface area contributed by atoms with Gasteiger partial charge in [0.15, 0.2) is 0 Å². The van der Waals surface area contributed by atoms with Crippen molar-refractivity contribution in [3.05, 3.63) is 42.0 Å². The monoisotopic (exact) mass is 269 g/mol. The van der Waals surface area contributed by atoms with Crippen LogP contribution >= 0.6 is 0 Å². The summed E-state index contributed by atoms with van der Waals surface area (Å²) in [6, 6.07) is 12.3. The van der Waals surface area contributed by atoms with Crippen molar-refractivity contribution in [2.45, 2.75) is 12.8 Å². The molecule has 20 heavy (non-hydrogen) atoms.